The Morgan fingerprint density at radius 1 is 1.29 bits per heavy atom. The van der Waals surface area contributed by atoms with Gasteiger partial charge in [0.2, 0.25) is 0 Å². The summed E-state index contributed by atoms with van der Waals surface area (Å²) >= 11 is 0. The predicted molar refractivity (Wildman–Crippen MR) is 87.9 cm³/mol. The number of carbonyl (C=O) groups is 2. The van der Waals surface area contributed by atoms with E-state index in [-0.39, 0.29) is 23.8 Å². The first kappa shape index (κ1) is 16.9. The number of piperazine rings is 1. The van der Waals surface area contributed by atoms with Gasteiger partial charge in [-0.25, -0.2) is 9.18 Å². The van der Waals surface area contributed by atoms with Crippen molar-refractivity contribution in [2.24, 2.45) is 0 Å². The monoisotopic (exact) mass is 334 g/mol. The summed E-state index contributed by atoms with van der Waals surface area (Å²) in [5.41, 5.74) is 0.0578. The van der Waals surface area contributed by atoms with Crippen molar-refractivity contribution in [1.82, 2.24) is 20.4 Å². The average Bonchev–Trinajstić information content (AvgIpc) is 2.74. The highest BCUT2D eigenvalue weighted by molar-refractivity contribution is 6.06. The van der Waals surface area contributed by atoms with Crippen LogP contribution in [0.1, 0.15) is 25.5 Å². The highest BCUT2D eigenvalue weighted by Crippen LogP contribution is 2.23. The number of benzene rings is 1. The molecule has 0 radical (unpaired) electrons. The Bertz CT molecular complexity index is 649. The Morgan fingerprint density at radius 2 is 2.08 bits per heavy atom. The highest BCUT2D eigenvalue weighted by atomic mass is 19.1. The SMILES string of the molecule is CC1(C)NC(=O)N(CCN2CCNCC2c2cccc(F)c2)C1=O. The molecule has 2 heterocycles. The van der Waals surface area contributed by atoms with Crippen molar-refractivity contribution in [1.29, 1.82) is 0 Å². The number of carbonyl (C=O) groups excluding carboxylic acids is 2. The first-order chi connectivity index (χ1) is 11.4. The molecule has 24 heavy (non-hydrogen) atoms. The third-order valence-electron chi connectivity index (χ3n) is 4.64. The average molecular weight is 334 g/mol. The van der Waals surface area contributed by atoms with E-state index in [0.717, 1.165) is 25.2 Å². The maximum Gasteiger partial charge on any atom is 0.325 e. The van der Waals surface area contributed by atoms with Crippen LogP contribution in [-0.2, 0) is 4.79 Å². The van der Waals surface area contributed by atoms with Crippen LogP contribution >= 0.6 is 0 Å². The van der Waals surface area contributed by atoms with E-state index in [9.17, 15) is 14.0 Å². The van der Waals surface area contributed by atoms with Crippen molar-refractivity contribution in [2.45, 2.75) is 25.4 Å². The molecule has 1 aromatic carbocycles. The van der Waals surface area contributed by atoms with Gasteiger partial charge in [0, 0.05) is 38.8 Å². The number of rotatable bonds is 4. The van der Waals surface area contributed by atoms with Crippen molar-refractivity contribution in [2.75, 3.05) is 32.7 Å². The fourth-order valence-corrected chi connectivity index (χ4v) is 3.31. The summed E-state index contributed by atoms with van der Waals surface area (Å²) in [5.74, 6) is -0.459. The molecule has 7 heteroatoms. The van der Waals surface area contributed by atoms with Gasteiger partial charge in [-0.3, -0.25) is 14.6 Å². The van der Waals surface area contributed by atoms with Crippen LogP contribution in [0.4, 0.5) is 9.18 Å². The molecule has 3 amide bonds. The second kappa shape index (κ2) is 6.49. The number of nitrogens with zero attached hydrogens (tertiary/aromatic N) is 2. The molecule has 1 aromatic rings. The van der Waals surface area contributed by atoms with Gasteiger partial charge in [0.15, 0.2) is 0 Å². The lowest BCUT2D eigenvalue weighted by atomic mass is 10.0. The van der Waals surface area contributed by atoms with Gasteiger partial charge in [0.1, 0.15) is 11.4 Å². The Morgan fingerprint density at radius 3 is 2.75 bits per heavy atom. The summed E-state index contributed by atoms with van der Waals surface area (Å²) in [6, 6.07) is 6.27. The molecule has 6 nitrogen and oxygen atoms in total. The molecule has 0 saturated carbocycles. The lowest BCUT2D eigenvalue weighted by molar-refractivity contribution is -0.130. The molecule has 2 N–H and O–H groups in total. The molecule has 130 valence electrons. The predicted octanol–water partition coefficient (Wildman–Crippen LogP) is 1.10. The van der Waals surface area contributed by atoms with E-state index in [4.69, 9.17) is 0 Å². The van der Waals surface area contributed by atoms with Crippen molar-refractivity contribution in [3.05, 3.63) is 35.6 Å². The van der Waals surface area contributed by atoms with Crippen LogP contribution < -0.4 is 10.6 Å². The van der Waals surface area contributed by atoms with Crippen molar-refractivity contribution in [3.8, 4) is 0 Å². The summed E-state index contributed by atoms with van der Waals surface area (Å²) in [6.45, 7) is 6.64. The molecule has 1 atom stereocenters. The van der Waals surface area contributed by atoms with Gasteiger partial charge in [-0.2, -0.15) is 0 Å². The topological polar surface area (TPSA) is 64.7 Å². The molecular formula is C17H23FN4O2. The Kier molecular flexibility index (Phi) is 4.56. The molecule has 2 fully saturated rings. The largest absolute Gasteiger partial charge is 0.325 e. The van der Waals surface area contributed by atoms with Gasteiger partial charge in [-0.1, -0.05) is 12.1 Å². The third kappa shape index (κ3) is 3.27. The third-order valence-corrected chi connectivity index (χ3v) is 4.64. The van der Waals surface area contributed by atoms with Crippen LogP contribution in [-0.4, -0.2) is 60.0 Å². The first-order valence-corrected chi connectivity index (χ1v) is 8.23. The maximum absolute atomic E-state index is 13.5. The van der Waals surface area contributed by atoms with Crippen LogP contribution in [0.2, 0.25) is 0 Å². The minimum Gasteiger partial charge on any atom is -0.324 e. The van der Waals surface area contributed by atoms with E-state index >= 15 is 0 Å². The number of urea groups is 1. The number of amides is 3. The molecular weight excluding hydrogens is 311 g/mol. The number of hydrogen-bond acceptors (Lipinski definition) is 4. The fourth-order valence-electron chi connectivity index (χ4n) is 3.31. The second-order valence-electron chi connectivity index (χ2n) is 6.82. The highest BCUT2D eigenvalue weighted by Gasteiger charge is 2.44. The molecule has 0 aromatic heterocycles. The summed E-state index contributed by atoms with van der Waals surface area (Å²) in [5, 5.41) is 6.01. The van der Waals surface area contributed by atoms with Gasteiger partial charge < -0.3 is 10.6 Å². The van der Waals surface area contributed by atoms with Crippen LogP contribution in [0.3, 0.4) is 0 Å². The Hall–Kier alpha value is -1.99. The molecule has 2 saturated heterocycles. The molecule has 1 unspecified atom stereocenters. The molecule has 2 aliphatic rings. The van der Waals surface area contributed by atoms with Crippen molar-refractivity contribution < 1.29 is 14.0 Å². The summed E-state index contributed by atoms with van der Waals surface area (Å²) in [4.78, 5) is 27.7. The van der Waals surface area contributed by atoms with Crippen LogP contribution in [0, 0.1) is 5.82 Å². The molecule has 0 aliphatic carbocycles. The van der Waals surface area contributed by atoms with Crippen LogP contribution in [0.15, 0.2) is 24.3 Å². The summed E-state index contributed by atoms with van der Waals surface area (Å²) < 4.78 is 13.5. The van der Waals surface area contributed by atoms with E-state index < -0.39 is 5.54 Å². The number of halogens is 1. The summed E-state index contributed by atoms with van der Waals surface area (Å²) in [7, 11) is 0. The maximum atomic E-state index is 13.5. The van der Waals surface area contributed by atoms with E-state index in [0.29, 0.717) is 13.1 Å². The van der Waals surface area contributed by atoms with Crippen LogP contribution in [0.5, 0.6) is 0 Å². The fraction of sp³-hybridized carbons (Fsp3) is 0.529. The van der Waals surface area contributed by atoms with Crippen molar-refractivity contribution >= 4 is 11.9 Å². The second-order valence-corrected chi connectivity index (χ2v) is 6.82. The lowest BCUT2D eigenvalue weighted by Gasteiger charge is -2.37. The normalized spacial score (nSPS) is 24.3. The van der Waals surface area contributed by atoms with Gasteiger partial charge in [-0.05, 0) is 31.5 Å². The number of imide groups is 1. The minimum atomic E-state index is -0.845. The Labute approximate surface area is 141 Å². The molecule has 2 aliphatic heterocycles. The zero-order chi connectivity index (χ0) is 17.3. The van der Waals surface area contributed by atoms with Gasteiger partial charge >= 0.3 is 6.03 Å². The quantitative estimate of drug-likeness (QED) is 0.810. The van der Waals surface area contributed by atoms with E-state index in [1.807, 2.05) is 6.07 Å². The van der Waals surface area contributed by atoms with E-state index in [2.05, 4.69) is 15.5 Å². The zero-order valence-electron chi connectivity index (χ0n) is 14.0. The van der Waals surface area contributed by atoms with E-state index in [1.54, 1.807) is 26.0 Å². The smallest absolute Gasteiger partial charge is 0.324 e. The van der Waals surface area contributed by atoms with Gasteiger partial charge in [-0.15, -0.1) is 0 Å². The minimum absolute atomic E-state index is 0.0308. The molecule has 3 rings (SSSR count). The number of hydrogen-bond donors (Lipinski definition) is 2. The van der Waals surface area contributed by atoms with Crippen molar-refractivity contribution in [3.63, 3.8) is 0 Å². The molecule has 0 bridgehead atoms. The standard InChI is InChI=1S/C17H23FN4O2/c1-17(2)15(23)22(16(24)20-17)9-8-21-7-6-19-11-14(21)12-4-3-5-13(18)10-12/h3-5,10,14,19H,6-9,11H2,1-2H3,(H,20,24). The lowest BCUT2D eigenvalue weighted by Crippen LogP contribution is -2.49. The first-order valence-electron chi connectivity index (χ1n) is 8.23. The number of nitrogens with one attached hydrogen (secondary N) is 2. The van der Waals surface area contributed by atoms with Crippen LogP contribution in [0.25, 0.3) is 0 Å². The van der Waals surface area contributed by atoms with Gasteiger partial charge in [0.05, 0.1) is 0 Å². The molecule has 0 spiro atoms. The zero-order valence-corrected chi connectivity index (χ0v) is 14.0. The Balaban J connectivity index is 1.69. The summed E-state index contributed by atoms with van der Waals surface area (Å²) in [6.07, 6.45) is 0. The van der Waals surface area contributed by atoms with E-state index in [1.165, 1.54) is 11.0 Å². The van der Waals surface area contributed by atoms with Gasteiger partial charge in [0.25, 0.3) is 5.91 Å².